The van der Waals surface area contributed by atoms with Crippen LogP contribution in [0.4, 0.5) is 0 Å². The number of aromatic nitrogens is 1. The van der Waals surface area contributed by atoms with Crippen LogP contribution in [-0.2, 0) is 12.8 Å². The van der Waals surface area contributed by atoms with Gasteiger partial charge in [-0.05, 0) is 50.3 Å². The summed E-state index contributed by atoms with van der Waals surface area (Å²) in [5.41, 5.74) is 9.07. The van der Waals surface area contributed by atoms with Crippen molar-refractivity contribution in [1.82, 2.24) is 4.98 Å². The van der Waals surface area contributed by atoms with Crippen LogP contribution in [-0.4, -0.2) is 16.6 Å². The summed E-state index contributed by atoms with van der Waals surface area (Å²) in [4.78, 5) is 3.31. The maximum atomic E-state index is 9.76. The monoisotopic (exact) mass is 194 g/mol. The zero-order valence-corrected chi connectivity index (χ0v) is 8.42. The number of H-pyrrole nitrogens is 1. The van der Waals surface area contributed by atoms with E-state index in [2.05, 4.69) is 11.1 Å². The molecule has 0 spiro atoms. The molecule has 1 aromatic heterocycles. The van der Waals surface area contributed by atoms with Crippen molar-refractivity contribution in [2.24, 2.45) is 5.73 Å². The Hall–Kier alpha value is -0.800. The van der Waals surface area contributed by atoms with Crippen molar-refractivity contribution >= 4 is 0 Å². The van der Waals surface area contributed by atoms with Gasteiger partial charge in [-0.15, -0.1) is 0 Å². The lowest BCUT2D eigenvalue weighted by molar-refractivity contribution is 0.166. The molecule has 2 rings (SSSR count). The molecule has 1 aromatic rings. The Kier molecular flexibility index (Phi) is 2.89. The third kappa shape index (κ3) is 1.83. The first-order valence-corrected chi connectivity index (χ1v) is 5.40. The highest BCUT2D eigenvalue weighted by atomic mass is 16.3. The lowest BCUT2D eigenvalue weighted by Gasteiger charge is -2.09. The van der Waals surface area contributed by atoms with Crippen molar-refractivity contribution < 1.29 is 5.11 Å². The van der Waals surface area contributed by atoms with Gasteiger partial charge in [-0.1, -0.05) is 0 Å². The molecular formula is C11H18N2O. The quantitative estimate of drug-likeness (QED) is 0.678. The second-order valence-electron chi connectivity index (χ2n) is 4.03. The minimum atomic E-state index is -0.411. The normalized spacial score (nSPS) is 17.9. The van der Waals surface area contributed by atoms with Crippen LogP contribution in [0.15, 0.2) is 6.07 Å². The van der Waals surface area contributed by atoms with Crippen molar-refractivity contribution in [3.63, 3.8) is 0 Å². The summed E-state index contributed by atoms with van der Waals surface area (Å²) in [6, 6.07) is 2.11. The molecule has 1 aliphatic carbocycles. The second-order valence-corrected chi connectivity index (χ2v) is 4.03. The van der Waals surface area contributed by atoms with Crippen molar-refractivity contribution in [2.75, 3.05) is 6.54 Å². The largest absolute Gasteiger partial charge is 0.387 e. The van der Waals surface area contributed by atoms with E-state index in [0.29, 0.717) is 13.0 Å². The summed E-state index contributed by atoms with van der Waals surface area (Å²) < 4.78 is 0. The van der Waals surface area contributed by atoms with Gasteiger partial charge in [0.05, 0.1) is 6.10 Å². The Labute approximate surface area is 84.3 Å². The van der Waals surface area contributed by atoms with Crippen LogP contribution in [0, 0.1) is 0 Å². The highest BCUT2D eigenvalue weighted by molar-refractivity contribution is 5.29. The van der Waals surface area contributed by atoms with E-state index in [4.69, 9.17) is 5.73 Å². The Balaban J connectivity index is 2.15. The third-order valence-corrected chi connectivity index (χ3v) is 2.93. The van der Waals surface area contributed by atoms with E-state index in [-0.39, 0.29) is 0 Å². The molecule has 0 amide bonds. The van der Waals surface area contributed by atoms with Gasteiger partial charge in [-0.3, -0.25) is 0 Å². The van der Waals surface area contributed by atoms with E-state index in [9.17, 15) is 5.11 Å². The van der Waals surface area contributed by atoms with Crippen LogP contribution in [0.2, 0.25) is 0 Å². The molecule has 3 nitrogen and oxygen atoms in total. The summed E-state index contributed by atoms with van der Waals surface area (Å²) in [7, 11) is 0. The molecule has 0 aromatic carbocycles. The molecule has 14 heavy (non-hydrogen) atoms. The van der Waals surface area contributed by atoms with E-state index in [1.54, 1.807) is 0 Å². The SMILES string of the molecule is NCCC(O)c1cc2c([nH]1)CCCC2. The Morgan fingerprint density at radius 2 is 2.21 bits per heavy atom. The van der Waals surface area contributed by atoms with Gasteiger partial charge in [0.1, 0.15) is 0 Å². The van der Waals surface area contributed by atoms with Gasteiger partial charge in [0.2, 0.25) is 0 Å². The van der Waals surface area contributed by atoms with Gasteiger partial charge in [0, 0.05) is 11.4 Å². The van der Waals surface area contributed by atoms with Crippen molar-refractivity contribution in [2.45, 2.75) is 38.2 Å². The predicted octanol–water partition coefficient (Wildman–Crippen LogP) is 1.28. The summed E-state index contributed by atoms with van der Waals surface area (Å²) in [6.07, 6.45) is 5.05. The Morgan fingerprint density at radius 1 is 1.43 bits per heavy atom. The molecule has 0 saturated carbocycles. The zero-order valence-electron chi connectivity index (χ0n) is 8.42. The van der Waals surface area contributed by atoms with Gasteiger partial charge in [-0.2, -0.15) is 0 Å². The van der Waals surface area contributed by atoms with Crippen molar-refractivity contribution in [1.29, 1.82) is 0 Å². The molecule has 78 valence electrons. The highest BCUT2D eigenvalue weighted by Crippen LogP contribution is 2.25. The molecule has 1 heterocycles. The van der Waals surface area contributed by atoms with Gasteiger partial charge >= 0.3 is 0 Å². The minimum Gasteiger partial charge on any atom is -0.387 e. The standard InChI is InChI=1S/C11H18N2O/c12-6-5-11(14)10-7-8-3-1-2-4-9(8)13-10/h7,11,13-14H,1-6,12H2. The summed E-state index contributed by atoms with van der Waals surface area (Å²) in [6.45, 7) is 0.533. The molecule has 4 N–H and O–H groups in total. The first kappa shape index (κ1) is 9.74. The van der Waals surface area contributed by atoms with Crippen molar-refractivity contribution in [3.8, 4) is 0 Å². The maximum Gasteiger partial charge on any atom is 0.0949 e. The summed E-state index contributed by atoms with van der Waals surface area (Å²) in [5.74, 6) is 0. The maximum absolute atomic E-state index is 9.76. The fourth-order valence-electron chi connectivity index (χ4n) is 2.12. The van der Waals surface area contributed by atoms with Crippen LogP contribution in [0.5, 0.6) is 0 Å². The van der Waals surface area contributed by atoms with Crippen LogP contribution < -0.4 is 5.73 Å². The van der Waals surface area contributed by atoms with E-state index in [1.807, 2.05) is 0 Å². The molecule has 0 aliphatic heterocycles. The molecule has 0 bridgehead atoms. The number of nitrogens with two attached hydrogens (primary N) is 1. The number of aromatic amines is 1. The molecular weight excluding hydrogens is 176 g/mol. The summed E-state index contributed by atoms with van der Waals surface area (Å²) in [5, 5.41) is 9.76. The van der Waals surface area contributed by atoms with E-state index in [0.717, 1.165) is 18.5 Å². The van der Waals surface area contributed by atoms with Crippen LogP contribution >= 0.6 is 0 Å². The van der Waals surface area contributed by atoms with Crippen LogP contribution in [0.1, 0.15) is 42.3 Å². The van der Waals surface area contributed by atoms with Gasteiger partial charge in [0.15, 0.2) is 0 Å². The van der Waals surface area contributed by atoms with E-state index >= 15 is 0 Å². The van der Waals surface area contributed by atoms with E-state index < -0.39 is 6.10 Å². The van der Waals surface area contributed by atoms with Crippen molar-refractivity contribution in [3.05, 3.63) is 23.0 Å². The van der Waals surface area contributed by atoms with Gasteiger partial charge in [0.25, 0.3) is 0 Å². The Morgan fingerprint density at radius 3 is 2.93 bits per heavy atom. The van der Waals surface area contributed by atoms with Crippen LogP contribution in [0.3, 0.4) is 0 Å². The lowest BCUT2D eigenvalue weighted by atomic mass is 9.98. The van der Waals surface area contributed by atoms with Gasteiger partial charge in [-0.25, -0.2) is 0 Å². The first-order chi connectivity index (χ1) is 6.81. The minimum absolute atomic E-state index is 0.411. The number of nitrogens with one attached hydrogen (secondary N) is 1. The molecule has 3 heteroatoms. The smallest absolute Gasteiger partial charge is 0.0949 e. The van der Waals surface area contributed by atoms with Crippen LogP contribution in [0.25, 0.3) is 0 Å². The molecule has 1 atom stereocenters. The Bertz CT molecular complexity index is 283. The molecule has 0 fully saturated rings. The van der Waals surface area contributed by atoms with E-state index in [1.165, 1.54) is 24.1 Å². The fraction of sp³-hybridized carbons (Fsp3) is 0.636. The fourth-order valence-corrected chi connectivity index (χ4v) is 2.12. The number of rotatable bonds is 3. The number of aliphatic hydroxyl groups excluding tert-OH is 1. The highest BCUT2D eigenvalue weighted by Gasteiger charge is 2.16. The van der Waals surface area contributed by atoms with Gasteiger partial charge < -0.3 is 15.8 Å². The first-order valence-electron chi connectivity index (χ1n) is 5.40. The average Bonchev–Trinajstić information content (AvgIpc) is 2.61. The number of aliphatic hydroxyl groups is 1. The second kappa shape index (κ2) is 4.15. The number of hydrogen-bond acceptors (Lipinski definition) is 2. The lowest BCUT2D eigenvalue weighted by Crippen LogP contribution is -2.07. The molecule has 1 unspecified atom stereocenters. The molecule has 1 aliphatic rings. The number of hydrogen-bond donors (Lipinski definition) is 3. The topological polar surface area (TPSA) is 62.0 Å². The zero-order chi connectivity index (χ0) is 9.97. The predicted molar refractivity (Wildman–Crippen MR) is 56.1 cm³/mol. The summed E-state index contributed by atoms with van der Waals surface area (Å²) >= 11 is 0. The number of aryl methyl sites for hydroxylation is 2. The number of fused-ring (bicyclic) bond motifs is 1. The average molecular weight is 194 g/mol. The molecule has 0 saturated heterocycles. The molecule has 0 radical (unpaired) electrons. The third-order valence-electron chi connectivity index (χ3n) is 2.93.